The van der Waals surface area contributed by atoms with Crippen molar-refractivity contribution in [2.75, 3.05) is 0 Å². The highest BCUT2D eigenvalue weighted by Gasteiger charge is 2.29. The average molecular weight is 111 g/mol. The topological polar surface area (TPSA) is 24.6 Å². The molecule has 0 spiro atoms. The summed E-state index contributed by atoms with van der Waals surface area (Å²) in [5.74, 6) is 0. The fraction of sp³-hybridized carbons (Fsp3) is 0.833. The molecule has 0 saturated heterocycles. The number of aliphatic hydroxyl groups excluding tert-OH is 1. The van der Waals surface area contributed by atoms with Gasteiger partial charge >= 0.3 is 0 Å². The van der Waals surface area contributed by atoms with Crippen molar-refractivity contribution in [1.29, 1.82) is 0 Å². The van der Waals surface area contributed by atoms with Crippen LogP contribution in [-0.2, 0) is 0 Å². The highest BCUT2D eigenvalue weighted by molar-refractivity contribution is 4.90. The maximum Gasteiger partial charge on any atom is 0.249 e. The lowest BCUT2D eigenvalue weighted by Gasteiger charge is -1.97. The molecular weight excluding hydrogens is 102 g/mol. The predicted molar refractivity (Wildman–Crippen MR) is 30.2 cm³/mol. The minimum atomic E-state index is -0.326. The van der Waals surface area contributed by atoms with E-state index in [1.807, 2.05) is 0 Å². The molecule has 0 amide bonds. The summed E-state index contributed by atoms with van der Waals surface area (Å²) in [5, 5.41) is 8.98. The van der Waals surface area contributed by atoms with Crippen LogP contribution in [0.2, 0.25) is 0 Å². The lowest BCUT2D eigenvalue weighted by atomic mass is 10.2. The van der Waals surface area contributed by atoms with Crippen LogP contribution in [0.3, 0.4) is 0 Å². The molecule has 1 aliphatic rings. The van der Waals surface area contributed by atoms with Crippen molar-refractivity contribution in [3.8, 4) is 0 Å². The van der Waals surface area contributed by atoms with Crippen LogP contribution in [0, 0.1) is 6.57 Å². The molecule has 0 aromatic heterocycles. The van der Waals surface area contributed by atoms with Gasteiger partial charge in [0.25, 0.3) is 0 Å². The molecule has 2 atom stereocenters. The molecule has 1 aliphatic carbocycles. The molecule has 0 aromatic rings. The number of rotatable bonds is 0. The highest BCUT2D eigenvalue weighted by Crippen LogP contribution is 2.21. The van der Waals surface area contributed by atoms with E-state index in [1.165, 1.54) is 0 Å². The monoisotopic (exact) mass is 111 g/mol. The largest absolute Gasteiger partial charge is 0.385 e. The molecule has 0 radical (unpaired) electrons. The molecule has 1 rings (SSSR count). The zero-order chi connectivity index (χ0) is 5.98. The van der Waals surface area contributed by atoms with Crippen LogP contribution in [0.4, 0.5) is 0 Å². The van der Waals surface area contributed by atoms with E-state index in [0.717, 1.165) is 19.3 Å². The summed E-state index contributed by atoms with van der Waals surface area (Å²) in [6, 6.07) is -0.0880. The van der Waals surface area contributed by atoms with Gasteiger partial charge in [0.15, 0.2) is 0 Å². The van der Waals surface area contributed by atoms with E-state index in [4.69, 9.17) is 11.7 Å². The minimum absolute atomic E-state index is 0.0880. The van der Waals surface area contributed by atoms with Gasteiger partial charge in [0.1, 0.15) is 6.10 Å². The first-order chi connectivity index (χ1) is 3.84. The van der Waals surface area contributed by atoms with Crippen LogP contribution in [0.25, 0.3) is 4.85 Å². The van der Waals surface area contributed by atoms with Gasteiger partial charge in [-0.2, -0.15) is 0 Å². The second kappa shape index (κ2) is 2.15. The van der Waals surface area contributed by atoms with Gasteiger partial charge in [0.05, 0.1) is 0 Å². The molecule has 0 aliphatic heterocycles. The van der Waals surface area contributed by atoms with Gasteiger partial charge in [-0.25, -0.2) is 6.57 Å². The maximum atomic E-state index is 8.98. The SMILES string of the molecule is [C-]#[N+]C1CCCC1O. The van der Waals surface area contributed by atoms with Gasteiger partial charge in [-0.05, 0) is 12.8 Å². The molecule has 1 saturated carbocycles. The molecular formula is C6H9NO. The van der Waals surface area contributed by atoms with Crippen LogP contribution < -0.4 is 0 Å². The van der Waals surface area contributed by atoms with E-state index in [0.29, 0.717) is 0 Å². The Bertz CT molecular complexity index is 116. The lowest BCUT2D eigenvalue weighted by molar-refractivity contribution is 0.177. The van der Waals surface area contributed by atoms with Gasteiger partial charge in [-0.1, -0.05) is 0 Å². The van der Waals surface area contributed by atoms with E-state index >= 15 is 0 Å². The Morgan fingerprint density at radius 2 is 2.25 bits per heavy atom. The summed E-state index contributed by atoms with van der Waals surface area (Å²) >= 11 is 0. The van der Waals surface area contributed by atoms with E-state index in [2.05, 4.69) is 4.85 Å². The Labute approximate surface area is 49.0 Å². The third-order valence-electron chi connectivity index (χ3n) is 1.61. The van der Waals surface area contributed by atoms with Crippen molar-refractivity contribution < 1.29 is 5.11 Å². The van der Waals surface area contributed by atoms with Gasteiger partial charge in [-0.15, -0.1) is 0 Å². The van der Waals surface area contributed by atoms with Crippen molar-refractivity contribution in [2.24, 2.45) is 0 Å². The van der Waals surface area contributed by atoms with E-state index in [9.17, 15) is 0 Å². The van der Waals surface area contributed by atoms with Gasteiger partial charge in [-0.3, -0.25) is 0 Å². The Morgan fingerprint density at radius 3 is 2.50 bits per heavy atom. The van der Waals surface area contributed by atoms with E-state index < -0.39 is 0 Å². The normalized spacial score (nSPS) is 37.0. The van der Waals surface area contributed by atoms with Crippen LogP contribution in [0.1, 0.15) is 19.3 Å². The molecule has 0 aromatic carbocycles. The minimum Gasteiger partial charge on any atom is -0.385 e. The third-order valence-corrected chi connectivity index (χ3v) is 1.61. The Balaban J connectivity index is 2.45. The summed E-state index contributed by atoms with van der Waals surface area (Å²) < 4.78 is 0. The number of hydrogen-bond acceptors (Lipinski definition) is 1. The molecule has 0 bridgehead atoms. The number of hydrogen-bond donors (Lipinski definition) is 1. The van der Waals surface area contributed by atoms with Gasteiger partial charge in [0, 0.05) is 6.42 Å². The molecule has 1 N–H and O–H groups in total. The quantitative estimate of drug-likeness (QED) is 0.460. The summed E-state index contributed by atoms with van der Waals surface area (Å²) in [4.78, 5) is 3.27. The summed E-state index contributed by atoms with van der Waals surface area (Å²) in [5.41, 5.74) is 0. The molecule has 2 nitrogen and oxygen atoms in total. The Hall–Kier alpha value is -0.550. The zero-order valence-electron chi connectivity index (χ0n) is 4.67. The fourth-order valence-corrected chi connectivity index (χ4v) is 1.07. The summed E-state index contributed by atoms with van der Waals surface area (Å²) in [6.07, 6.45) is 2.42. The summed E-state index contributed by atoms with van der Waals surface area (Å²) in [6.45, 7) is 6.60. The lowest BCUT2D eigenvalue weighted by Crippen LogP contribution is -2.13. The van der Waals surface area contributed by atoms with Crippen molar-refractivity contribution in [2.45, 2.75) is 31.4 Å². The van der Waals surface area contributed by atoms with Crippen molar-refractivity contribution >= 4 is 0 Å². The first kappa shape index (κ1) is 5.58. The second-order valence-electron chi connectivity index (χ2n) is 2.19. The van der Waals surface area contributed by atoms with Crippen LogP contribution >= 0.6 is 0 Å². The fourth-order valence-electron chi connectivity index (χ4n) is 1.07. The van der Waals surface area contributed by atoms with Crippen molar-refractivity contribution in [3.05, 3.63) is 11.4 Å². The molecule has 44 valence electrons. The molecule has 2 unspecified atom stereocenters. The first-order valence-corrected chi connectivity index (χ1v) is 2.89. The van der Waals surface area contributed by atoms with Crippen molar-refractivity contribution in [1.82, 2.24) is 0 Å². The first-order valence-electron chi connectivity index (χ1n) is 2.89. The standard InChI is InChI=1S/C6H9NO/c1-7-5-3-2-4-6(5)8/h5-6,8H,2-4H2. The van der Waals surface area contributed by atoms with Crippen LogP contribution in [0.15, 0.2) is 0 Å². The molecule has 1 fully saturated rings. The van der Waals surface area contributed by atoms with Gasteiger partial charge in [0.2, 0.25) is 6.04 Å². The Kier molecular flexibility index (Phi) is 1.50. The second-order valence-corrected chi connectivity index (χ2v) is 2.19. The predicted octanol–water partition coefficient (Wildman–Crippen LogP) is 0.819. The smallest absolute Gasteiger partial charge is 0.249 e. The molecule has 0 heterocycles. The van der Waals surface area contributed by atoms with Crippen LogP contribution in [0.5, 0.6) is 0 Å². The number of nitrogens with zero attached hydrogens (tertiary/aromatic N) is 1. The van der Waals surface area contributed by atoms with Crippen molar-refractivity contribution in [3.63, 3.8) is 0 Å². The average Bonchev–Trinajstić information content (AvgIpc) is 2.14. The van der Waals surface area contributed by atoms with Crippen LogP contribution in [-0.4, -0.2) is 17.3 Å². The third kappa shape index (κ3) is 0.823. The summed E-state index contributed by atoms with van der Waals surface area (Å²) in [7, 11) is 0. The highest BCUT2D eigenvalue weighted by atomic mass is 16.3. The molecule has 8 heavy (non-hydrogen) atoms. The molecule has 2 heteroatoms. The van der Waals surface area contributed by atoms with E-state index in [-0.39, 0.29) is 12.1 Å². The Morgan fingerprint density at radius 1 is 1.50 bits per heavy atom. The number of aliphatic hydroxyl groups is 1. The van der Waals surface area contributed by atoms with E-state index in [1.54, 1.807) is 0 Å². The van der Waals surface area contributed by atoms with Gasteiger partial charge < -0.3 is 9.95 Å². The maximum absolute atomic E-state index is 8.98. The zero-order valence-corrected chi connectivity index (χ0v) is 4.67.